The Morgan fingerprint density at radius 1 is 0.636 bits per heavy atom. The SMILES string of the molecule is C.CN(C)C.CN(C)C.[CH3-].[Rh]. The van der Waals surface area contributed by atoms with Crippen molar-refractivity contribution in [3.05, 3.63) is 7.43 Å². The van der Waals surface area contributed by atoms with E-state index in [0.717, 1.165) is 0 Å². The molecule has 0 aromatic rings. The van der Waals surface area contributed by atoms with Gasteiger partial charge in [0, 0.05) is 19.5 Å². The predicted octanol–water partition coefficient (Wildman–Crippen LogP) is 1.44. The molecule has 11 heavy (non-hydrogen) atoms. The molecule has 0 spiro atoms. The van der Waals surface area contributed by atoms with Gasteiger partial charge in [0.1, 0.15) is 0 Å². The Balaban J connectivity index is -0.0000000171. The second kappa shape index (κ2) is 22.4. The van der Waals surface area contributed by atoms with Gasteiger partial charge in [0.25, 0.3) is 0 Å². The third-order valence-electron chi connectivity index (χ3n) is 0. The van der Waals surface area contributed by atoms with Crippen LogP contribution in [0.4, 0.5) is 0 Å². The zero-order valence-corrected chi connectivity index (χ0v) is 9.87. The molecule has 0 atom stereocenters. The minimum Gasteiger partial charge on any atom is -0.358 e. The molecule has 0 bridgehead atoms. The molecule has 0 rings (SSSR count). The van der Waals surface area contributed by atoms with Crippen LogP contribution in [0.2, 0.25) is 0 Å². The standard InChI is InChI=1S/2C3H9N.CH4.CH3.Rh/c2*1-4(2)3;;;/h2*1-3H3;1H4;1H3;/q;;;-1;. The summed E-state index contributed by atoms with van der Waals surface area (Å²) in [5.74, 6) is 0. The first kappa shape index (κ1) is 30.0. The van der Waals surface area contributed by atoms with E-state index in [0.29, 0.717) is 0 Å². The number of hydrogen-bond donors (Lipinski definition) is 0. The van der Waals surface area contributed by atoms with Crippen molar-refractivity contribution in [1.29, 1.82) is 0 Å². The van der Waals surface area contributed by atoms with Crippen LogP contribution in [0.1, 0.15) is 7.43 Å². The predicted molar refractivity (Wildman–Crippen MR) is 52.4 cm³/mol. The quantitative estimate of drug-likeness (QED) is 0.475. The van der Waals surface area contributed by atoms with Crippen LogP contribution in [0.5, 0.6) is 0 Å². The van der Waals surface area contributed by atoms with Crippen molar-refractivity contribution in [2.24, 2.45) is 0 Å². The second-order valence-corrected chi connectivity index (χ2v) is 2.68. The molecule has 1 radical (unpaired) electrons. The Morgan fingerprint density at radius 3 is 0.636 bits per heavy atom. The van der Waals surface area contributed by atoms with Gasteiger partial charge in [-0.05, 0) is 42.3 Å². The third-order valence-corrected chi connectivity index (χ3v) is 0. The first-order valence-electron chi connectivity index (χ1n) is 2.68. The molecule has 0 amide bonds. The molecule has 77 valence electrons. The first-order chi connectivity index (χ1) is 3.46. The first-order valence-corrected chi connectivity index (χ1v) is 2.68. The van der Waals surface area contributed by atoms with Crippen molar-refractivity contribution in [1.82, 2.24) is 9.80 Å². The van der Waals surface area contributed by atoms with Crippen molar-refractivity contribution >= 4 is 0 Å². The van der Waals surface area contributed by atoms with Gasteiger partial charge in [-0.25, -0.2) is 0 Å². The molecule has 0 aliphatic heterocycles. The topological polar surface area (TPSA) is 6.48 Å². The molecule has 0 aliphatic rings. The largest absolute Gasteiger partial charge is 0.358 e. The summed E-state index contributed by atoms with van der Waals surface area (Å²) >= 11 is 0. The van der Waals surface area contributed by atoms with Crippen molar-refractivity contribution < 1.29 is 19.5 Å². The fourth-order valence-corrected chi connectivity index (χ4v) is 0. The molecular formula is C8H25N2Rh-. The van der Waals surface area contributed by atoms with E-state index in [1.54, 1.807) is 0 Å². The Kier molecular flexibility index (Phi) is 61.1. The van der Waals surface area contributed by atoms with E-state index < -0.39 is 0 Å². The summed E-state index contributed by atoms with van der Waals surface area (Å²) in [6.07, 6.45) is 0. The second-order valence-electron chi connectivity index (χ2n) is 2.68. The van der Waals surface area contributed by atoms with Crippen LogP contribution in [0.15, 0.2) is 0 Å². The smallest absolute Gasteiger partial charge is 0 e. The van der Waals surface area contributed by atoms with Crippen molar-refractivity contribution in [2.75, 3.05) is 42.3 Å². The number of hydrogen-bond acceptors (Lipinski definition) is 2. The van der Waals surface area contributed by atoms with E-state index in [4.69, 9.17) is 0 Å². The fraction of sp³-hybridized carbons (Fsp3) is 0.875. The Labute approximate surface area is 86.7 Å². The molecule has 0 N–H and O–H groups in total. The van der Waals surface area contributed by atoms with Crippen molar-refractivity contribution in [3.8, 4) is 0 Å². The third kappa shape index (κ3) is 2610. The molecule has 0 aromatic heterocycles. The van der Waals surface area contributed by atoms with E-state index in [1.165, 1.54) is 0 Å². The average Bonchev–Trinajstić information content (AvgIpc) is 1.25. The van der Waals surface area contributed by atoms with Crippen LogP contribution >= 0.6 is 0 Å². The summed E-state index contributed by atoms with van der Waals surface area (Å²) in [6.45, 7) is 0. The molecule has 2 nitrogen and oxygen atoms in total. The number of nitrogens with zero attached hydrogens (tertiary/aromatic N) is 2. The van der Waals surface area contributed by atoms with E-state index in [1.807, 2.05) is 52.1 Å². The average molecular weight is 252 g/mol. The molecule has 0 aromatic carbocycles. The van der Waals surface area contributed by atoms with Crippen LogP contribution in [0, 0.1) is 7.43 Å². The molecule has 0 aliphatic carbocycles. The zero-order chi connectivity index (χ0) is 7.15. The molecule has 0 saturated heterocycles. The van der Waals surface area contributed by atoms with E-state index >= 15 is 0 Å². The Bertz CT molecular complexity index is 27.6. The molecule has 0 saturated carbocycles. The Morgan fingerprint density at radius 2 is 0.636 bits per heavy atom. The van der Waals surface area contributed by atoms with Gasteiger partial charge in [-0.15, -0.1) is 0 Å². The normalized spacial score (nSPS) is 6.55. The van der Waals surface area contributed by atoms with Gasteiger partial charge in [-0.1, -0.05) is 7.43 Å². The van der Waals surface area contributed by atoms with E-state index in [2.05, 4.69) is 0 Å². The monoisotopic (exact) mass is 252 g/mol. The van der Waals surface area contributed by atoms with Gasteiger partial charge in [-0.2, -0.15) is 0 Å². The molecule has 0 heterocycles. The summed E-state index contributed by atoms with van der Waals surface area (Å²) in [6, 6.07) is 0. The summed E-state index contributed by atoms with van der Waals surface area (Å²) in [4.78, 5) is 4.00. The maximum atomic E-state index is 2.00. The van der Waals surface area contributed by atoms with Gasteiger partial charge < -0.3 is 17.2 Å². The van der Waals surface area contributed by atoms with Crippen LogP contribution < -0.4 is 0 Å². The van der Waals surface area contributed by atoms with E-state index in [-0.39, 0.29) is 34.3 Å². The van der Waals surface area contributed by atoms with Gasteiger partial charge in [0.15, 0.2) is 0 Å². The van der Waals surface area contributed by atoms with Gasteiger partial charge in [-0.3, -0.25) is 0 Å². The summed E-state index contributed by atoms with van der Waals surface area (Å²) < 4.78 is 0. The van der Waals surface area contributed by atoms with Gasteiger partial charge in [0.2, 0.25) is 0 Å². The Hall–Kier alpha value is 0.543. The minimum atomic E-state index is 0. The summed E-state index contributed by atoms with van der Waals surface area (Å²) in [5.41, 5.74) is 0. The minimum absolute atomic E-state index is 0. The molecular weight excluding hydrogens is 227 g/mol. The van der Waals surface area contributed by atoms with Gasteiger partial charge >= 0.3 is 0 Å². The fourth-order valence-electron chi connectivity index (χ4n) is 0. The van der Waals surface area contributed by atoms with Crippen LogP contribution in [0.25, 0.3) is 0 Å². The maximum absolute atomic E-state index is 2.00. The molecule has 0 fully saturated rings. The number of rotatable bonds is 0. The van der Waals surface area contributed by atoms with Crippen molar-refractivity contribution in [2.45, 2.75) is 7.43 Å². The maximum Gasteiger partial charge on any atom is 0 e. The van der Waals surface area contributed by atoms with Crippen LogP contribution in [-0.2, 0) is 19.5 Å². The summed E-state index contributed by atoms with van der Waals surface area (Å²) in [5, 5.41) is 0. The van der Waals surface area contributed by atoms with Gasteiger partial charge in [0.05, 0.1) is 0 Å². The van der Waals surface area contributed by atoms with E-state index in [9.17, 15) is 0 Å². The zero-order valence-electron chi connectivity index (χ0n) is 8.23. The summed E-state index contributed by atoms with van der Waals surface area (Å²) in [7, 11) is 12.0. The molecule has 3 heteroatoms. The van der Waals surface area contributed by atoms with Crippen LogP contribution in [-0.4, -0.2) is 52.1 Å². The van der Waals surface area contributed by atoms with Crippen LogP contribution in [0.3, 0.4) is 0 Å². The molecule has 0 unspecified atom stereocenters. The van der Waals surface area contributed by atoms with Crippen molar-refractivity contribution in [3.63, 3.8) is 0 Å².